The van der Waals surface area contributed by atoms with Crippen LogP contribution in [0.1, 0.15) is 17.7 Å². The molecule has 7 nitrogen and oxygen atoms in total. The number of aromatic amines is 1. The van der Waals surface area contributed by atoms with Crippen LogP contribution in [0.15, 0.2) is 59.1 Å². The Labute approximate surface area is 184 Å². The van der Waals surface area contributed by atoms with Crippen LogP contribution in [0.3, 0.4) is 0 Å². The minimum absolute atomic E-state index is 0.112. The highest BCUT2D eigenvalue weighted by molar-refractivity contribution is 5.94. The third kappa shape index (κ3) is 4.69. The summed E-state index contributed by atoms with van der Waals surface area (Å²) in [6.07, 6.45) is 0.580. The van der Waals surface area contributed by atoms with Gasteiger partial charge in [-0.05, 0) is 42.7 Å². The van der Waals surface area contributed by atoms with Crippen LogP contribution in [0, 0.1) is 12.7 Å². The molecule has 0 aliphatic rings. The Morgan fingerprint density at radius 3 is 2.66 bits per heavy atom. The van der Waals surface area contributed by atoms with Gasteiger partial charge in [-0.2, -0.15) is 0 Å². The van der Waals surface area contributed by atoms with Gasteiger partial charge in [0, 0.05) is 36.1 Å². The Kier molecular flexibility index (Phi) is 6.02. The van der Waals surface area contributed by atoms with Gasteiger partial charge in [-0.25, -0.2) is 4.39 Å². The number of hydrogen-bond acceptors (Lipinski definition) is 4. The Balaban J connectivity index is 1.47. The summed E-state index contributed by atoms with van der Waals surface area (Å²) in [5.41, 5.74) is 3.50. The van der Waals surface area contributed by atoms with Crippen molar-refractivity contribution < 1.29 is 18.5 Å². The van der Waals surface area contributed by atoms with Crippen LogP contribution >= 0.6 is 0 Å². The average Bonchev–Trinajstić information content (AvgIpc) is 3.35. The van der Waals surface area contributed by atoms with Gasteiger partial charge in [0.15, 0.2) is 5.82 Å². The highest BCUT2D eigenvalue weighted by atomic mass is 19.1. The number of rotatable bonds is 7. The summed E-state index contributed by atoms with van der Waals surface area (Å²) in [5.74, 6) is -0.00843. The van der Waals surface area contributed by atoms with E-state index in [1.165, 1.54) is 17.0 Å². The Morgan fingerprint density at radius 2 is 1.94 bits per heavy atom. The second-order valence-corrected chi connectivity index (χ2v) is 7.66. The zero-order valence-corrected chi connectivity index (χ0v) is 17.8. The number of nitrogens with one attached hydrogen (secondary N) is 2. The number of hydrogen-bond donors (Lipinski definition) is 2. The smallest absolute Gasteiger partial charge is 0.245 e. The van der Waals surface area contributed by atoms with E-state index in [0.29, 0.717) is 18.0 Å². The van der Waals surface area contributed by atoms with Crippen molar-refractivity contribution in [3.63, 3.8) is 0 Å². The standard InChI is InChI=1S/C24H23FN4O3/c1-15-12-21(28-32-15)27-22(30)14-29(2)23(31)11-9-18-19-13-17(25)8-10-20(19)26-24(18)16-6-4-3-5-7-16/h3-8,10,12-13,26H,9,11,14H2,1-2H3,(H,27,28,30). The molecule has 0 saturated heterocycles. The zero-order valence-electron chi connectivity index (χ0n) is 17.8. The SMILES string of the molecule is Cc1cc(NC(=O)CN(C)C(=O)CCc2c(-c3ccccc3)[nH]c3ccc(F)cc23)no1. The van der Waals surface area contributed by atoms with Crippen LogP contribution in [-0.2, 0) is 16.0 Å². The highest BCUT2D eigenvalue weighted by Gasteiger charge is 2.18. The lowest BCUT2D eigenvalue weighted by Crippen LogP contribution is -2.35. The first-order valence-corrected chi connectivity index (χ1v) is 10.2. The summed E-state index contributed by atoms with van der Waals surface area (Å²) < 4.78 is 18.8. The van der Waals surface area contributed by atoms with E-state index in [4.69, 9.17) is 4.52 Å². The summed E-state index contributed by atoms with van der Waals surface area (Å²) >= 11 is 0. The van der Waals surface area contributed by atoms with Crippen LogP contribution in [0.4, 0.5) is 10.2 Å². The minimum Gasteiger partial charge on any atom is -0.360 e. The largest absolute Gasteiger partial charge is 0.360 e. The molecule has 2 aromatic heterocycles. The van der Waals surface area contributed by atoms with E-state index in [0.717, 1.165) is 27.7 Å². The normalized spacial score (nSPS) is 11.0. The fourth-order valence-corrected chi connectivity index (χ4v) is 3.66. The lowest BCUT2D eigenvalue weighted by molar-refractivity contribution is -0.133. The number of H-pyrrole nitrogens is 1. The maximum absolute atomic E-state index is 13.9. The number of carbonyl (C=O) groups is 2. The molecule has 0 saturated carbocycles. The van der Waals surface area contributed by atoms with Gasteiger partial charge in [0.2, 0.25) is 11.8 Å². The molecule has 0 unspecified atom stereocenters. The molecule has 2 N–H and O–H groups in total. The first-order valence-electron chi connectivity index (χ1n) is 10.2. The van der Waals surface area contributed by atoms with Crippen molar-refractivity contribution >= 4 is 28.5 Å². The topological polar surface area (TPSA) is 91.2 Å². The molecule has 2 aromatic carbocycles. The predicted molar refractivity (Wildman–Crippen MR) is 120 cm³/mol. The van der Waals surface area contributed by atoms with E-state index in [1.807, 2.05) is 30.3 Å². The van der Waals surface area contributed by atoms with Crippen LogP contribution in [-0.4, -0.2) is 40.4 Å². The van der Waals surface area contributed by atoms with Gasteiger partial charge >= 0.3 is 0 Å². The molecule has 0 aliphatic carbocycles. The molecule has 0 atom stereocenters. The van der Waals surface area contributed by atoms with E-state index in [9.17, 15) is 14.0 Å². The van der Waals surface area contributed by atoms with Gasteiger partial charge in [-0.1, -0.05) is 35.5 Å². The molecule has 2 amide bonds. The third-order valence-electron chi connectivity index (χ3n) is 5.22. The molecular weight excluding hydrogens is 411 g/mol. The Bertz CT molecular complexity index is 1260. The van der Waals surface area contributed by atoms with E-state index >= 15 is 0 Å². The number of benzene rings is 2. The molecule has 2 heterocycles. The van der Waals surface area contributed by atoms with E-state index in [1.54, 1.807) is 26.1 Å². The van der Waals surface area contributed by atoms with Crippen molar-refractivity contribution in [3.05, 3.63) is 71.7 Å². The van der Waals surface area contributed by atoms with Gasteiger partial charge in [0.25, 0.3) is 0 Å². The number of aromatic nitrogens is 2. The van der Waals surface area contributed by atoms with Crippen LogP contribution < -0.4 is 5.32 Å². The van der Waals surface area contributed by atoms with Crippen LogP contribution in [0.25, 0.3) is 22.2 Å². The first kappa shape index (κ1) is 21.3. The summed E-state index contributed by atoms with van der Waals surface area (Å²) in [7, 11) is 1.57. The second kappa shape index (κ2) is 9.05. The Hall–Kier alpha value is -3.94. The number of amides is 2. The summed E-state index contributed by atoms with van der Waals surface area (Å²) in [6, 6.07) is 15.9. The number of fused-ring (bicyclic) bond motifs is 1. The molecule has 0 bridgehead atoms. The van der Waals surface area contributed by atoms with Crippen molar-refractivity contribution in [1.82, 2.24) is 15.0 Å². The van der Waals surface area contributed by atoms with E-state index in [-0.39, 0.29) is 30.6 Å². The van der Waals surface area contributed by atoms with Crippen molar-refractivity contribution in [2.75, 3.05) is 18.9 Å². The highest BCUT2D eigenvalue weighted by Crippen LogP contribution is 2.32. The molecule has 0 aliphatic heterocycles. The molecular formula is C24H23FN4O3. The molecule has 0 spiro atoms. The molecule has 8 heteroatoms. The fraction of sp³-hybridized carbons (Fsp3) is 0.208. The molecule has 0 radical (unpaired) electrons. The number of aryl methyl sites for hydroxylation is 2. The monoisotopic (exact) mass is 434 g/mol. The minimum atomic E-state index is -0.367. The van der Waals surface area contributed by atoms with E-state index in [2.05, 4.69) is 15.5 Å². The number of anilines is 1. The molecule has 164 valence electrons. The number of nitrogens with zero attached hydrogens (tertiary/aromatic N) is 2. The maximum Gasteiger partial charge on any atom is 0.245 e. The third-order valence-corrected chi connectivity index (χ3v) is 5.22. The molecule has 4 rings (SSSR count). The van der Waals surface area contributed by atoms with Crippen molar-refractivity contribution in [1.29, 1.82) is 0 Å². The predicted octanol–water partition coefficient (Wildman–Crippen LogP) is 4.30. The van der Waals surface area contributed by atoms with Crippen LogP contribution in [0.5, 0.6) is 0 Å². The van der Waals surface area contributed by atoms with Crippen LogP contribution in [0.2, 0.25) is 0 Å². The lowest BCUT2D eigenvalue weighted by Gasteiger charge is -2.16. The van der Waals surface area contributed by atoms with Gasteiger partial charge in [-0.3, -0.25) is 9.59 Å². The molecule has 0 fully saturated rings. The van der Waals surface area contributed by atoms with Gasteiger partial charge in [0.1, 0.15) is 11.6 Å². The summed E-state index contributed by atoms with van der Waals surface area (Å²) in [4.78, 5) is 29.6. The first-order chi connectivity index (χ1) is 15.4. The summed E-state index contributed by atoms with van der Waals surface area (Å²) in [6.45, 7) is 1.61. The van der Waals surface area contributed by atoms with Gasteiger partial charge < -0.3 is 19.7 Å². The van der Waals surface area contributed by atoms with Crippen molar-refractivity contribution in [2.45, 2.75) is 19.8 Å². The zero-order chi connectivity index (χ0) is 22.7. The fourth-order valence-electron chi connectivity index (χ4n) is 3.66. The summed E-state index contributed by atoms with van der Waals surface area (Å²) in [5, 5.41) is 7.05. The Morgan fingerprint density at radius 1 is 1.16 bits per heavy atom. The number of halogens is 1. The molecule has 32 heavy (non-hydrogen) atoms. The molecule has 4 aromatic rings. The lowest BCUT2D eigenvalue weighted by atomic mass is 10.0. The van der Waals surface area contributed by atoms with Gasteiger partial charge in [0.05, 0.1) is 6.54 Å². The van der Waals surface area contributed by atoms with Crippen molar-refractivity contribution in [3.8, 4) is 11.3 Å². The number of carbonyl (C=O) groups excluding carboxylic acids is 2. The van der Waals surface area contributed by atoms with Crippen molar-refractivity contribution in [2.24, 2.45) is 0 Å². The average molecular weight is 434 g/mol. The number of likely N-dealkylation sites (N-methyl/N-ethyl adjacent to an activating group) is 1. The van der Waals surface area contributed by atoms with E-state index < -0.39 is 0 Å². The van der Waals surface area contributed by atoms with Gasteiger partial charge in [-0.15, -0.1) is 0 Å². The second-order valence-electron chi connectivity index (χ2n) is 7.66. The maximum atomic E-state index is 13.9. The quantitative estimate of drug-likeness (QED) is 0.454.